The van der Waals surface area contributed by atoms with Crippen molar-refractivity contribution in [2.24, 2.45) is 0 Å². The maximum atomic E-state index is 13.5. The number of anilines is 2. The monoisotopic (exact) mass is 289 g/mol. The molecule has 1 aliphatic rings. The molecule has 0 unspecified atom stereocenters. The number of nitrogens with zero attached hydrogens (tertiary/aromatic N) is 4. The lowest BCUT2D eigenvalue weighted by molar-refractivity contribution is 0.122. The zero-order chi connectivity index (χ0) is 14.5. The number of benzene rings is 1. The molecule has 0 saturated carbocycles. The molecule has 2 aromatic rings. The highest BCUT2D eigenvalue weighted by Crippen LogP contribution is 2.13. The molecule has 1 fully saturated rings. The highest BCUT2D eigenvalue weighted by molar-refractivity contribution is 5.40. The van der Waals surface area contributed by atoms with Crippen molar-refractivity contribution in [3.05, 3.63) is 41.8 Å². The average molecular weight is 289 g/mol. The first-order valence-corrected chi connectivity index (χ1v) is 6.82. The molecule has 0 spiro atoms. The van der Waals surface area contributed by atoms with Crippen LogP contribution < -0.4 is 10.2 Å². The molecule has 3 rings (SSSR count). The third kappa shape index (κ3) is 3.43. The Bertz CT molecular complexity index is 603. The molecule has 7 heteroatoms. The van der Waals surface area contributed by atoms with Gasteiger partial charge in [0.05, 0.1) is 19.4 Å². The number of ether oxygens (including phenoxy) is 1. The lowest BCUT2D eigenvalue weighted by Gasteiger charge is -2.27. The van der Waals surface area contributed by atoms with Gasteiger partial charge in [-0.05, 0) is 6.07 Å². The van der Waals surface area contributed by atoms with E-state index in [4.69, 9.17) is 4.74 Å². The fourth-order valence-electron chi connectivity index (χ4n) is 2.13. The van der Waals surface area contributed by atoms with Gasteiger partial charge in [-0.25, -0.2) is 4.39 Å². The topological polar surface area (TPSA) is 63.2 Å². The van der Waals surface area contributed by atoms with Crippen LogP contribution in [0.2, 0.25) is 0 Å². The van der Waals surface area contributed by atoms with Crippen molar-refractivity contribution >= 4 is 11.8 Å². The molecule has 21 heavy (non-hydrogen) atoms. The highest BCUT2D eigenvalue weighted by Gasteiger charge is 2.13. The minimum absolute atomic E-state index is 0.248. The van der Waals surface area contributed by atoms with E-state index in [-0.39, 0.29) is 5.82 Å². The van der Waals surface area contributed by atoms with Crippen LogP contribution in [0.25, 0.3) is 0 Å². The summed E-state index contributed by atoms with van der Waals surface area (Å²) in [6, 6.07) is 6.61. The fraction of sp³-hybridized carbons (Fsp3) is 0.357. The summed E-state index contributed by atoms with van der Waals surface area (Å²) in [7, 11) is 0. The van der Waals surface area contributed by atoms with Crippen LogP contribution in [0.4, 0.5) is 16.2 Å². The van der Waals surface area contributed by atoms with Gasteiger partial charge in [0.25, 0.3) is 0 Å². The standard InChI is InChI=1S/C14H16FN5O/c15-12-4-2-1-3-11(12)9-16-14-18-13(10-17-19-14)20-5-7-21-8-6-20/h1-4,10H,5-9H2,(H,16,18,19). The largest absolute Gasteiger partial charge is 0.378 e. The summed E-state index contributed by atoms with van der Waals surface area (Å²) in [5, 5.41) is 10.9. The number of aromatic nitrogens is 3. The van der Waals surface area contributed by atoms with E-state index < -0.39 is 0 Å². The number of hydrogen-bond donors (Lipinski definition) is 1. The second kappa shape index (κ2) is 6.45. The minimum atomic E-state index is -0.248. The first kappa shape index (κ1) is 13.7. The lowest BCUT2D eigenvalue weighted by Crippen LogP contribution is -2.37. The molecule has 1 saturated heterocycles. The van der Waals surface area contributed by atoms with E-state index in [0.29, 0.717) is 31.3 Å². The summed E-state index contributed by atoms with van der Waals surface area (Å²) in [5.74, 6) is 0.897. The van der Waals surface area contributed by atoms with Gasteiger partial charge in [-0.15, -0.1) is 5.10 Å². The number of nitrogens with one attached hydrogen (secondary N) is 1. The van der Waals surface area contributed by atoms with Gasteiger partial charge in [0.15, 0.2) is 5.82 Å². The van der Waals surface area contributed by atoms with Crippen LogP contribution in [0.5, 0.6) is 0 Å². The number of halogens is 1. The van der Waals surface area contributed by atoms with Crippen molar-refractivity contribution in [2.75, 3.05) is 36.5 Å². The lowest BCUT2D eigenvalue weighted by atomic mass is 10.2. The van der Waals surface area contributed by atoms with Crippen LogP contribution in [0, 0.1) is 5.82 Å². The minimum Gasteiger partial charge on any atom is -0.378 e. The van der Waals surface area contributed by atoms with E-state index in [2.05, 4.69) is 25.4 Å². The third-order valence-electron chi connectivity index (χ3n) is 3.28. The molecule has 1 N–H and O–H groups in total. The number of morpholine rings is 1. The summed E-state index contributed by atoms with van der Waals surface area (Å²) in [6.07, 6.45) is 1.62. The maximum Gasteiger partial charge on any atom is 0.244 e. The molecule has 1 aromatic heterocycles. The van der Waals surface area contributed by atoms with Gasteiger partial charge in [0.2, 0.25) is 5.95 Å². The number of hydrogen-bond acceptors (Lipinski definition) is 6. The van der Waals surface area contributed by atoms with Gasteiger partial charge in [-0.3, -0.25) is 0 Å². The maximum absolute atomic E-state index is 13.5. The van der Waals surface area contributed by atoms with Crippen LogP contribution in [0.1, 0.15) is 5.56 Å². The van der Waals surface area contributed by atoms with Gasteiger partial charge in [0, 0.05) is 25.2 Å². The fourth-order valence-corrected chi connectivity index (χ4v) is 2.13. The first-order valence-electron chi connectivity index (χ1n) is 6.82. The van der Waals surface area contributed by atoms with Gasteiger partial charge in [0.1, 0.15) is 5.82 Å². The molecule has 0 amide bonds. The molecular weight excluding hydrogens is 273 g/mol. The van der Waals surface area contributed by atoms with Gasteiger partial charge < -0.3 is 15.0 Å². The zero-order valence-electron chi connectivity index (χ0n) is 11.5. The van der Waals surface area contributed by atoms with E-state index in [1.54, 1.807) is 24.4 Å². The van der Waals surface area contributed by atoms with Crippen molar-refractivity contribution in [2.45, 2.75) is 6.54 Å². The normalized spacial score (nSPS) is 15.0. The Balaban J connectivity index is 1.67. The predicted octanol–water partition coefficient (Wildman–Crippen LogP) is 1.46. The van der Waals surface area contributed by atoms with Crippen LogP contribution in [0.15, 0.2) is 30.5 Å². The summed E-state index contributed by atoms with van der Waals surface area (Å²) in [6.45, 7) is 3.25. The van der Waals surface area contributed by atoms with Crippen molar-refractivity contribution in [1.82, 2.24) is 15.2 Å². The smallest absolute Gasteiger partial charge is 0.244 e. The van der Waals surface area contributed by atoms with Gasteiger partial charge >= 0.3 is 0 Å². The Hall–Kier alpha value is -2.28. The Morgan fingerprint density at radius 3 is 2.86 bits per heavy atom. The quantitative estimate of drug-likeness (QED) is 0.919. The first-order chi connectivity index (χ1) is 10.3. The molecule has 2 heterocycles. The third-order valence-corrected chi connectivity index (χ3v) is 3.28. The SMILES string of the molecule is Fc1ccccc1CNc1nncc(N2CCOCC2)n1. The Labute approximate surface area is 122 Å². The summed E-state index contributed by atoms with van der Waals surface area (Å²) in [5.41, 5.74) is 0.567. The molecular formula is C14H16FN5O. The highest BCUT2D eigenvalue weighted by atomic mass is 19.1. The van der Waals surface area contributed by atoms with Crippen LogP contribution in [-0.4, -0.2) is 41.5 Å². The molecule has 110 valence electrons. The van der Waals surface area contributed by atoms with Crippen molar-refractivity contribution in [3.8, 4) is 0 Å². The molecule has 6 nitrogen and oxygen atoms in total. The van der Waals surface area contributed by atoms with E-state index in [0.717, 1.165) is 18.9 Å². The summed E-state index contributed by atoms with van der Waals surface area (Å²) >= 11 is 0. The van der Waals surface area contributed by atoms with E-state index in [9.17, 15) is 4.39 Å². The van der Waals surface area contributed by atoms with Crippen molar-refractivity contribution in [3.63, 3.8) is 0 Å². The van der Waals surface area contributed by atoms with Crippen molar-refractivity contribution < 1.29 is 9.13 Å². The van der Waals surface area contributed by atoms with Crippen LogP contribution in [0.3, 0.4) is 0 Å². The van der Waals surface area contributed by atoms with Crippen LogP contribution in [-0.2, 0) is 11.3 Å². The summed E-state index contributed by atoms with van der Waals surface area (Å²) < 4.78 is 18.9. The van der Waals surface area contributed by atoms with Crippen LogP contribution >= 0.6 is 0 Å². The predicted molar refractivity (Wildman–Crippen MR) is 76.6 cm³/mol. The molecule has 0 bridgehead atoms. The molecule has 1 aliphatic heterocycles. The van der Waals surface area contributed by atoms with Crippen molar-refractivity contribution in [1.29, 1.82) is 0 Å². The van der Waals surface area contributed by atoms with E-state index in [1.807, 2.05) is 0 Å². The Kier molecular flexibility index (Phi) is 4.20. The Morgan fingerprint density at radius 1 is 1.24 bits per heavy atom. The number of rotatable bonds is 4. The van der Waals surface area contributed by atoms with E-state index >= 15 is 0 Å². The molecule has 0 aliphatic carbocycles. The van der Waals surface area contributed by atoms with Gasteiger partial charge in [-0.1, -0.05) is 18.2 Å². The zero-order valence-corrected chi connectivity index (χ0v) is 11.5. The van der Waals surface area contributed by atoms with Gasteiger partial charge in [-0.2, -0.15) is 10.1 Å². The molecule has 1 aromatic carbocycles. The average Bonchev–Trinajstić information content (AvgIpc) is 2.55. The van der Waals surface area contributed by atoms with E-state index in [1.165, 1.54) is 6.07 Å². The Morgan fingerprint density at radius 2 is 2.05 bits per heavy atom. The second-order valence-corrected chi connectivity index (χ2v) is 4.68. The molecule has 0 radical (unpaired) electrons. The second-order valence-electron chi connectivity index (χ2n) is 4.68. The summed E-state index contributed by atoms with van der Waals surface area (Å²) in [4.78, 5) is 6.49. The molecule has 0 atom stereocenters.